The maximum Gasteiger partial charge on any atom is 0.247 e. The zero-order valence-electron chi connectivity index (χ0n) is 8.62. The van der Waals surface area contributed by atoms with E-state index in [0.717, 1.165) is 6.07 Å². The second-order valence-corrected chi connectivity index (χ2v) is 4.46. The summed E-state index contributed by atoms with van der Waals surface area (Å²) in [6, 6.07) is 2.21. The molecule has 4 nitrogen and oxygen atoms in total. The molecule has 0 fully saturated rings. The zero-order valence-corrected chi connectivity index (χ0v) is 11.0. The van der Waals surface area contributed by atoms with Crippen molar-refractivity contribution in [2.24, 2.45) is 0 Å². The molecule has 0 atom stereocenters. The van der Waals surface area contributed by atoms with Crippen LogP contribution < -0.4 is 10.5 Å². The van der Waals surface area contributed by atoms with Crippen LogP contribution in [0.2, 0.25) is 5.28 Å². The van der Waals surface area contributed by atoms with Crippen molar-refractivity contribution < 1.29 is 13.5 Å². The van der Waals surface area contributed by atoms with Crippen molar-refractivity contribution in [2.45, 2.75) is 0 Å². The molecule has 0 aliphatic carbocycles. The van der Waals surface area contributed by atoms with Crippen molar-refractivity contribution in [3.05, 3.63) is 39.7 Å². The average molecular weight is 337 g/mol. The monoisotopic (exact) mass is 335 g/mol. The van der Waals surface area contributed by atoms with Gasteiger partial charge in [-0.1, -0.05) is 15.9 Å². The molecule has 2 aromatic rings. The van der Waals surface area contributed by atoms with Crippen LogP contribution in [0, 0.1) is 11.6 Å². The number of rotatable bonds is 2. The molecule has 0 spiro atoms. The van der Waals surface area contributed by atoms with Crippen LogP contribution in [-0.2, 0) is 0 Å². The molecule has 18 heavy (non-hydrogen) atoms. The summed E-state index contributed by atoms with van der Waals surface area (Å²) in [5.74, 6) is -2.71. The molecule has 8 heteroatoms. The lowest BCUT2D eigenvalue weighted by molar-refractivity contribution is 0.406. The Labute approximate surface area is 114 Å². The molecular formula is C10H5BrClF2N3O. The van der Waals surface area contributed by atoms with E-state index in [1.165, 1.54) is 12.3 Å². The lowest BCUT2D eigenvalue weighted by Crippen LogP contribution is -1.99. The molecule has 0 unspecified atom stereocenters. The molecule has 0 saturated carbocycles. The van der Waals surface area contributed by atoms with Gasteiger partial charge in [-0.15, -0.1) is 0 Å². The first-order valence-corrected chi connectivity index (χ1v) is 5.75. The molecule has 0 radical (unpaired) electrons. The van der Waals surface area contributed by atoms with Gasteiger partial charge >= 0.3 is 0 Å². The van der Waals surface area contributed by atoms with E-state index in [1.807, 2.05) is 0 Å². The quantitative estimate of drug-likeness (QED) is 0.673. The molecule has 0 saturated heterocycles. The average Bonchev–Trinajstić information content (AvgIpc) is 2.30. The number of nitrogens with two attached hydrogens (primary N) is 1. The van der Waals surface area contributed by atoms with E-state index in [1.54, 1.807) is 0 Å². The number of halogens is 4. The van der Waals surface area contributed by atoms with Gasteiger partial charge in [-0.3, -0.25) is 0 Å². The fourth-order valence-corrected chi connectivity index (χ4v) is 1.68. The van der Waals surface area contributed by atoms with E-state index in [2.05, 4.69) is 25.9 Å². The lowest BCUT2D eigenvalue weighted by Gasteiger charge is -2.08. The molecule has 2 N–H and O–H groups in total. The van der Waals surface area contributed by atoms with Crippen LogP contribution in [0.3, 0.4) is 0 Å². The largest absolute Gasteiger partial charge is 0.434 e. The Bertz CT molecular complexity index is 612. The van der Waals surface area contributed by atoms with Gasteiger partial charge in [-0.25, -0.2) is 9.37 Å². The van der Waals surface area contributed by atoms with Crippen LogP contribution in [-0.4, -0.2) is 9.97 Å². The fourth-order valence-electron chi connectivity index (χ4n) is 1.15. The van der Waals surface area contributed by atoms with Gasteiger partial charge in [0.15, 0.2) is 11.6 Å². The Balaban J connectivity index is 2.43. The summed E-state index contributed by atoms with van der Waals surface area (Å²) in [6.45, 7) is 0. The third-order valence-corrected chi connectivity index (χ3v) is 2.56. The van der Waals surface area contributed by atoms with E-state index in [-0.39, 0.29) is 22.6 Å². The maximum atomic E-state index is 13.5. The van der Waals surface area contributed by atoms with Crippen molar-refractivity contribution >= 4 is 33.2 Å². The van der Waals surface area contributed by atoms with Gasteiger partial charge in [0, 0.05) is 4.47 Å². The van der Waals surface area contributed by atoms with E-state index < -0.39 is 11.6 Å². The first-order valence-electron chi connectivity index (χ1n) is 4.58. The molecule has 0 aliphatic heterocycles. The summed E-state index contributed by atoms with van der Waals surface area (Å²) < 4.78 is 32.0. The highest BCUT2D eigenvalue weighted by atomic mass is 79.9. The second-order valence-electron chi connectivity index (χ2n) is 3.20. The minimum Gasteiger partial charge on any atom is -0.434 e. The minimum atomic E-state index is -1.15. The highest BCUT2D eigenvalue weighted by molar-refractivity contribution is 9.10. The predicted molar refractivity (Wildman–Crippen MR) is 65.6 cm³/mol. The number of hydrogen-bond acceptors (Lipinski definition) is 4. The van der Waals surface area contributed by atoms with Gasteiger partial charge in [0.2, 0.25) is 17.0 Å². The molecule has 0 amide bonds. The SMILES string of the molecule is Nc1cnc(Cl)nc1Oc1cc(Br)cc(F)c1F. The Morgan fingerprint density at radius 1 is 1.33 bits per heavy atom. The van der Waals surface area contributed by atoms with Gasteiger partial charge < -0.3 is 10.5 Å². The van der Waals surface area contributed by atoms with E-state index in [0.29, 0.717) is 4.47 Å². The third-order valence-electron chi connectivity index (χ3n) is 1.92. The smallest absolute Gasteiger partial charge is 0.247 e. The van der Waals surface area contributed by atoms with E-state index >= 15 is 0 Å². The molecule has 2 rings (SSSR count). The summed E-state index contributed by atoms with van der Waals surface area (Å²) in [5, 5.41) is -0.116. The molecule has 0 aliphatic rings. The Morgan fingerprint density at radius 3 is 2.78 bits per heavy atom. The number of nitrogens with zero attached hydrogens (tertiary/aromatic N) is 2. The molecule has 94 valence electrons. The zero-order chi connectivity index (χ0) is 13.3. The number of benzene rings is 1. The number of aromatic nitrogens is 2. The summed E-state index contributed by atoms with van der Waals surface area (Å²) in [7, 11) is 0. The van der Waals surface area contributed by atoms with Gasteiger partial charge in [0.25, 0.3) is 0 Å². The van der Waals surface area contributed by atoms with Gasteiger partial charge in [0.05, 0.1) is 6.20 Å². The second kappa shape index (κ2) is 5.03. The number of nitrogen functional groups attached to an aromatic ring is 1. The number of hydrogen-bond donors (Lipinski definition) is 1. The molecular weight excluding hydrogens is 331 g/mol. The van der Waals surface area contributed by atoms with E-state index in [9.17, 15) is 8.78 Å². The standard InChI is InChI=1S/C10H5BrClF2N3O/c11-4-1-5(13)8(14)7(2-4)18-9-6(15)3-16-10(12)17-9/h1-3H,15H2. The summed E-state index contributed by atoms with van der Waals surface area (Å²) >= 11 is 8.57. The van der Waals surface area contributed by atoms with Crippen molar-refractivity contribution in [1.82, 2.24) is 9.97 Å². The van der Waals surface area contributed by atoms with Crippen LogP contribution in [0.4, 0.5) is 14.5 Å². The van der Waals surface area contributed by atoms with Crippen molar-refractivity contribution in [3.8, 4) is 11.6 Å². The third kappa shape index (κ3) is 2.68. The van der Waals surface area contributed by atoms with Crippen molar-refractivity contribution in [2.75, 3.05) is 5.73 Å². The van der Waals surface area contributed by atoms with Crippen LogP contribution in [0.15, 0.2) is 22.8 Å². The highest BCUT2D eigenvalue weighted by Gasteiger charge is 2.14. The predicted octanol–water partition coefficient (Wildman–Crippen LogP) is 3.55. The van der Waals surface area contributed by atoms with Gasteiger partial charge in [-0.05, 0) is 23.7 Å². The molecule has 1 heterocycles. The van der Waals surface area contributed by atoms with Crippen LogP contribution in [0.5, 0.6) is 11.6 Å². The van der Waals surface area contributed by atoms with Crippen LogP contribution >= 0.6 is 27.5 Å². The lowest BCUT2D eigenvalue weighted by atomic mass is 10.3. The topological polar surface area (TPSA) is 61.0 Å². The first kappa shape index (κ1) is 13.0. The van der Waals surface area contributed by atoms with Gasteiger partial charge in [0.1, 0.15) is 5.69 Å². The molecule has 0 bridgehead atoms. The Morgan fingerprint density at radius 2 is 2.06 bits per heavy atom. The van der Waals surface area contributed by atoms with Crippen molar-refractivity contribution in [3.63, 3.8) is 0 Å². The summed E-state index contributed by atoms with van der Waals surface area (Å²) in [4.78, 5) is 7.28. The molecule has 1 aromatic heterocycles. The maximum absolute atomic E-state index is 13.5. The van der Waals surface area contributed by atoms with Crippen molar-refractivity contribution in [1.29, 1.82) is 0 Å². The number of anilines is 1. The van der Waals surface area contributed by atoms with Gasteiger partial charge in [-0.2, -0.15) is 9.37 Å². The summed E-state index contributed by atoms with van der Waals surface area (Å²) in [6.07, 6.45) is 1.21. The number of ether oxygens (including phenoxy) is 1. The normalized spacial score (nSPS) is 10.4. The minimum absolute atomic E-state index is 0.0548. The highest BCUT2D eigenvalue weighted by Crippen LogP contribution is 2.31. The fraction of sp³-hybridized carbons (Fsp3) is 0. The van der Waals surface area contributed by atoms with Crippen LogP contribution in [0.25, 0.3) is 0 Å². The Hall–Kier alpha value is -1.47. The van der Waals surface area contributed by atoms with Crippen LogP contribution in [0.1, 0.15) is 0 Å². The van der Waals surface area contributed by atoms with E-state index in [4.69, 9.17) is 22.1 Å². The first-order chi connectivity index (χ1) is 8.47. The molecule has 1 aromatic carbocycles. The Kier molecular flexibility index (Phi) is 3.63. The summed E-state index contributed by atoms with van der Waals surface area (Å²) in [5.41, 5.74) is 5.58.